The van der Waals surface area contributed by atoms with Gasteiger partial charge in [-0.05, 0) is 37.0 Å². The van der Waals surface area contributed by atoms with E-state index in [9.17, 15) is 4.79 Å². The highest BCUT2D eigenvalue weighted by molar-refractivity contribution is 5.97. The van der Waals surface area contributed by atoms with Gasteiger partial charge < -0.3 is 10.2 Å². The van der Waals surface area contributed by atoms with Crippen molar-refractivity contribution < 1.29 is 4.79 Å². The third-order valence-corrected chi connectivity index (χ3v) is 3.49. The first kappa shape index (κ1) is 9.70. The second kappa shape index (κ2) is 3.81. The maximum atomic E-state index is 11.7. The van der Waals surface area contributed by atoms with Crippen LogP contribution in [0.5, 0.6) is 0 Å². The molecule has 1 aromatic rings. The van der Waals surface area contributed by atoms with Gasteiger partial charge in [0, 0.05) is 30.9 Å². The molecule has 1 amide bonds. The normalized spacial score (nSPS) is 19.5. The number of fused-ring (bicyclic) bond motifs is 1. The summed E-state index contributed by atoms with van der Waals surface area (Å²) < 4.78 is 0. The number of anilines is 1. The number of amides is 1. The molecule has 0 aliphatic carbocycles. The van der Waals surface area contributed by atoms with E-state index in [1.165, 1.54) is 24.1 Å². The average molecular weight is 216 g/mol. The van der Waals surface area contributed by atoms with Gasteiger partial charge in [0.05, 0.1) is 0 Å². The van der Waals surface area contributed by atoms with Crippen molar-refractivity contribution in [3.05, 3.63) is 29.3 Å². The second-order valence-electron chi connectivity index (χ2n) is 4.54. The minimum atomic E-state index is 0.0855. The summed E-state index contributed by atoms with van der Waals surface area (Å²) in [5, 5.41) is 2.90. The van der Waals surface area contributed by atoms with Crippen LogP contribution in [0.15, 0.2) is 18.2 Å². The number of nitrogens with one attached hydrogen (secondary N) is 1. The molecule has 0 radical (unpaired) electrons. The van der Waals surface area contributed by atoms with Gasteiger partial charge >= 0.3 is 0 Å². The van der Waals surface area contributed by atoms with E-state index in [4.69, 9.17) is 0 Å². The third-order valence-electron chi connectivity index (χ3n) is 3.49. The topological polar surface area (TPSA) is 32.3 Å². The number of carbonyl (C=O) groups is 1. The molecule has 0 bridgehead atoms. The Hall–Kier alpha value is -1.51. The van der Waals surface area contributed by atoms with Crippen molar-refractivity contribution in [1.82, 2.24) is 5.32 Å². The summed E-state index contributed by atoms with van der Waals surface area (Å²) in [6, 6.07) is 6.32. The van der Waals surface area contributed by atoms with Gasteiger partial charge in [-0.3, -0.25) is 4.79 Å². The van der Waals surface area contributed by atoms with E-state index in [1.54, 1.807) is 0 Å². The van der Waals surface area contributed by atoms with Crippen LogP contribution in [0.4, 0.5) is 5.69 Å². The van der Waals surface area contributed by atoms with Crippen LogP contribution in [0.1, 0.15) is 28.8 Å². The molecule has 2 aliphatic heterocycles. The first-order valence-corrected chi connectivity index (χ1v) is 6.01. The Balaban J connectivity index is 1.96. The number of carbonyl (C=O) groups excluding carboxylic acids is 1. The van der Waals surface area contributed by atoms with Crippen LogP contribution in [0.25, 0.3) is 0 Å². The summed E-state index contributed by atoms with van der Waals surface area (Å²) in [6.45, 7) is 3.02. The van der Waals surface area contributed by atoms with Crippen LogP contribution in [0.2, 0.25) is 0 Å². The van der Waals surface area contributed by atoms with Crippen molar-refractivity contribution in [3.63, 3.8) is 0 Å². The molecule has 0 saturated carbocycles. The fourth-order valence-corrected chi connectivity index (χ4v) is 2.57. The maximum absolute atomic E-state index is 11.7. The standard InChI is InChI=1S/C13H16N2O/c16-13-12-9-11(15-7-1-2-8-15)4-3-10(12)5-6-14-13/h3-4,9H,1-2,5-8H2,(H,14,16). The molecule has 0 spiro atoms. The average Bonchev–Trinajstić information content (AvgIpc) is 2.83. The Morgan fingerprint density at radius 3 is 2.81 bits per heavy atom. The number of nitrogens with zero attached hydrogens (tertiary/aromatic N) is 1. The van der Waals surface area contributed by atoms with Gasteiger partial charge in [-0.25, -0.2) is 0 Å². The van der Waals surface area contributed by atoms with Gasteiger partial charge in [-0.1, -0.05) is 6.07 Å². The third kappa shape index (κ3) is 1.56. The van der Waals surface area contributed by atoms with E-state index in [1.807, 2.05) is 0 Å². The molecule has 3 nitrogen and oxygen atoms in total. The largest absolute Gasteiger partial charge is 0.372 e. The quantitative estimate of drug-likeness (QED) is 0.773. The zero-order chi connectivity index (χ0) is 11.0. The minimum absolute atomic E-state index is 0.0855. The van der Waals surface area contributed by atoms with Crippen LogP contribution < -0.4 is 10.2 Å². The van der Waals surface area contributed by atoms with Gasteiger partial charge in [0.1, 0.15) is 0 Å². The molecule has 1 saturated heterocycles. The molecule has 1 aromatic carbocycles. The van der Waals surface area contributed by atoms with E-state index >= 15 is 0 Å². The van der Waals surface area contributed by atoms with Gasteiger partial charge in [0.15, 0.2) is 0 Å². The van der Waals surface area contributed by atoms with Crippen LogP contribution >= 0.6 is 0 Å². The highest BCUT2D eigenvalue weighted by atomic mass is 16.1. The Morgan fingerprint density at radius 1 is 1.19 bits per heavy atom. The van der Waals surface area contributed by atoms with Crippen molar-refractivity contribution in [2.24, 2.45) is 0 Å². The lowest BCUT2D eigenvalue weighted by Crippen LogP contribution is -2.32. The summed E-state index contributed by atoms with van der Waals surface area (Å²) in [5.74, 6) is 0.0855. The van der Waals surface area contributed by atoms with Crippen molar-refractivity contribution in [2.45, 2.75) is 19.3 Å². The monoisotopic (exact) mass is 216 g/mol. The van der Waals surface area contributed by atoms with E-state index < -0.39 is 0 Å². The molecule has 3 heteroatoms. The maximum Gasteiger partial charge on any atom is 0.251 e. The summed E-state index contributed by atoms with van der Waals surface area (Å²) in [6.07, 6.45) is 3.49. The van der Waals surface area contributed by atoms with E-state index in [2.05, 4.69) is 28.4 Å². The zero-order valence-corrected chi connectivity index (χ0v) is 9.33. The Kier molecular flexibility index (Phi) is 2.31. The fourth-order valence-electron chi connectivity index (χ4n) is 2.57. The van der Waals surface area contributed by atoms with Crippen LogP contribution in [0.3, 0.4) is 0 Å². The molecule has 16 heavy (non-hydrogen) atoms. The van der Waals surface area contributed by atoms with Gasteiger partial charge in [0.2, 0.25) is 0 Å². The molecule has 1 N–H and O–H groups in total. The Morgan fingerprint density at radius 2 is 2.00 bits per heavy atom. The number of hydrogen-bond donors (Lipinski definition) is 1. The number of benzene rings is 1. The molecular formula is C13H16N2O. The second-order valence-corrected chi connectivity index (χ2v) is 4.54. The summed E-state index contributed by atoms with van der Waals surface area (Å²) in [5.41, 5.74) is 3.26. The SMILES string of the molecule is O=C1NCCc2ccc(N3CCCC3)cc21. The molecule has 0 unspecified atom stereocenters. The Bertz CT molecular complexity index is 422. The molecule has 3 rings (SSSR count). The molecule has 0 atom stereocenters. The lowest BCUT2D eigenvalue weighted by Gasteiger charge is -2.22. The minimum Gasteiger partial charge on any atom is -0.372 e. The van der Waals surface area contributed by atoms with E-state index in [0.717, 1.165) is 31.6 Å². The van der Waals surface area contributed by atoms with Crippen LogP contribution in [-0.2, 0) is 6.42 Å². The molecule has 0 aromatic heterocycles. The van der Waals surface area contributed by atoms with Gasteiger partial charge in [0.25, 0.3) is 5.91 Å². The lowest BCUT2D eigenvalue weighted by molar-refractivity contribution is 0.0946. The van der Waals surface area contributed by atoms with Crippen molar-refractivity contribution >= 4 is 11.6 Å². The first-order valence-electron chi connectivity index (χ1n) is 6.01. The summed E-state index contributed by atoms with van der Waals surface area (Å²) >= 11 is 0. The van der Waals surface area contributed by atoms with Crippen molar-refractivity contribution in [1.29, 1.82) is 0 Å². The van der Waals surface area contributed by atoms with Crippen molar-refractivity contribution in [3.8, 4) is 0 Å². The molecule has 1 fully saturated rings. The summed E-state index contributed by atoms with van der Waals surface area (Å²) in [7, 11) is 0. The molecule has 84 valence electrons. The number of hydrogen-bond acceptors (Lipinski definition) is 2. The predicted molar refractivity (Wildman–Crippen MR) is 63.9 cm³/mol. The van der Waals surface area contributed by atoms with Gasteiger partial charge in [-0.2, -0.15) is 0 Å². The molecular weight excluding hydrogens is 200 g/mol. The fraction of sp³-hybridized carbons (Fsp3) is 0.462. The van der Waals surface area contributed by atoms with Crippen LogP contribution in [0, 0.1) is 0 Å². The Labute approximate surface area is 95.4 Å². The van der Waals surface area contributed by atoms with Crippen molar-refractivity contribution in [2.75, 3.05) is 24.5 Å². The molecule has 2 heterocycles. The van der Waals surface area contributed by atoms with Crippen LogP contribution in [-0.4, -0.2) is 25.5 Å². The molecule has 2 aliphatic rings. The lowest BCUT2D eigenvalue weighted by atomic mass is 9.99. The highest BCUT2D eigenvalue weighted by Gasteiger charge is 2.19. The van der Waals surface area contributed by atoms with E-state index in [0.29, 0.717) is 0 Å². The predicted octanol–water partition coefficient (Wildman–Crippen LogP) is 1.57. The van der Waals surface area contributed by atoms with E-state index in [-0.39, 0.29) is 5.91 Å². The first-order chi connectivity index (χ1) is 7.84. The zero-order valence-electron chi connectivity index (χ0n) is 9.33. The summed E-state index contributed by atoms with van der Waals surface area (Å²) in [4.78, 5) is 14.1. The van der Waals surface area contributed by atoms with Gasteiger partial charge in [-0.15, -0.1) is 0 Å². The highest BCUT2D eigenvalue weighted by Crippen LogP contribution is 2.24. The number of rotatable bonds is 1. The smallest absolute Gasteiger partial charge is 0.251 e.